The third-order valence-electron chi connectivity index (χ3n) is 4.28. The van der Waals surface area contributed by atoms with Gasteiger partial charge in [-0.25, -0.2) is 0 Å². The Kier molecular flexibility index (Phi) is 4.52. The van der Waals surface area contributed by atoms with Crippen LogP contribution in [0.5, 0.6) is 0 Å². The van der Waals surface area contributed by atoms with Gasteiger partial charge in [-0.3, -0.25) is 9.78 Å². The first-order valence-corrected chi connectivity index (χ1v) is 8.10. The first-order valence-electron chi connectivity index (χ1n) is 8.10. The van der Waals surface area contributed by atoms with Crippen molar-refractivity contribution < 1.29 is 4.79 Å². The SMILES string of the molecule is CCCc1ccc(C(=O)N2CCC[C@H]2c2ccccn2)cc1. The molecule has 22 heavy (non-hydrogen) atoms. The number of rotatable bonds is 4. The summed E-state index contributed by atoms with van der Waals surface area (Å²) in [6.07, 6.45) is 6.03. The molecule has 0 N–H and O–H groups in total. The van der Waals surface area contributed by atoms with Crippen molar-refractivity contribution >= 4 is 5.91 Å². The third-order valence-corrected chi connectivity index (χ3v) is 4.28. The highest BCUT2D eigenvalue weighted by atomic mass is 16.2. The first kappa shape index (κ1) is 14.8. The molecule has 1 amide bonds. The van der Waals surface area contributed by atoms with Crippen molar-refractivity contribution in [1.82, 2.24) is 9.88 Å². The molecule has 1 aliphatic heterocycles. The molecule has 0 bridgehead atoms. The van der Waals surface area contributed by atoms with Gasteiger partial charge < -0.3 is 4.90 Å². The van der Waals surface area contributed by atoms with Gasteiger partial charge in [0.1, 0.15) is 0 Å². The summed E-state index contributed by atoms with van der Waals surface area (Å²) < 4.78 is 0. The zero-order valence-corrected chi connectivity index (χ0v) is 13.0. The van der Waals surface area contributed by atoms with E-state index in [0.717, 1.165) is 43.5 Å². The number of carbonyl (C=O) groups excluding carboxylic acids is 1. The van der Waals surface area contributed by atoms with Crippen LogP contribution >= 0.6 is 0 Å². The number of carbonyl (C=O) groups is 1. The molecule has 2 aromatic rings. The number of aromatic nitrogens is 1. The molecule has 1 aromatic carbocycles. The van der Waals surface area contributed by atoms with Crippen molar-refractivity contribution in [3.63, 3.8) is 0 Å². The van der Waals surface area contributed by atoms with E-state index in [9.17, 15) is 4.79 Å². The second kappa shape index (κ2) is 6.73. The van der Waals surface area contributed by atoms with Gasteiger partial charge in [-0.15, -0.1) is 0 Å². The van der Waals surface area contributed by atoms with Crippen molar-refractivity contribution in [3.05, 3.63) is 65.5 Å². The van der Waals surface area contributed by atoms with E-state index in [-0.39, 0.29) is 11.9 Å². The van der Waals surface area contributed by atoms with Gasteiger partial charge in [0, 0.05) is 18.3 Å². The van der Waals surface area contributed by atoms with Gasteiger partial charge in [0.25, 0.3) is 5.91 Å². The number of amides is 1. The van der Waals surface area contributed by atoms with E-state index in [1.54, 1.807) is 6.20 Å². The second-order valence-corrected chi connectivity index (χ2v) is 5.86. The van der Waals surface area contributed by atoms with Crippen LogP contribution in [0.15, 0.2) is 48.7 Å². The molecule has 3 rings (SSSR count). The normalized spacial score (nSPS) is 17.7. The Morgan fingerprint density at radius 1 is 1.23 bits per heavy atom. The lowest BCUT2D eigenvalue weighted by Crippen LogP contribution is -2.30. The van der Waals surface area contributed by atoms with E-state index in [2.05, 4.69) is 24.0 Å². The molecular formula is C19H22N2O. The van der Waals surface area contributed by atoms with E-state index in [4.69, 9.17) is 0 Å². The number of benzene rings is 1. The Balaban J connectivity index is 1.78. The number of hydrogen-bond donors (Lipinski definition) is 0. The van der Waals surface area contributed by atoms with E-state index < -0.39 is 0 Å². The van der Waals surface area contributed by atoms with Crippen LogP contribution in [0.1, 0.15) is 53.8 Å². The quantitative estimate of drug-likeness (QED) is 0.853. The van der Waals surface area contributed by atoms with Crippen molar-refractivity contribution in [3.8, 4) is 0 Å². The molecule has 3 heteroatoms. The van der Waals surface area contributed by atoms with Crippen LogP contribution < -0.4 is 0 Å². The van der Waals surface area contributed by atoms with E-state index in [0.29, 0.717) is 0 Å². The number of aryl methyl sites for hydroxylation is 1. The van der Waals surface area contributed by atoms with E-state index in [1.165, 1.54) is 5.56 Å². The summed E-state index contributed by atoms with van der Waals surface area (Å²) in [5.41, 5.74) is 3.07. The molecule has 2 heterocycles. The molecular weight excluding hydrogens is 272 g/mol. The highest BCUT2D eigenvalue weighted by Crippen LogP contribution is 2.31. The lowest BCUT2D eigenvalue weighted by molar-refractivity contribution is 0.0733. The minimum atomic E-state index is 0.115. The molecule has 1 aliphatic rings. The number of likely N-dealkylation sites (tertiary alicyclic amines) is 1. The van der Waals surface area contributed by atoms with Gasteiger partial charge in [0.2, 0.25) is 0 Å². The van der Waals surface area contributed by atoms with Crippen molar-refractivity contribution in [2.75, 3.05) is 6.54 Å². The fraction of sp³-hybridized carbons (Fsp3) is 0.368. The van der Waals surface area contributed by atoms with Crippen molar-refractivity contribution in [1.29, 1.82) is 0 Å². The Hall–Kier alpha value is -2.16. The smallest absolute Gasteiger partial charge is 0.254 e. The van der Waals surface area contributed by atoms with Crippen molar-refractivity contribution in [2.45, 2.75) is 38.6 Å². The zero-order chi connectivity index (χ0) is 15.4. The summed E-state index contributed by atoms with van der Waals surface area (Å²) in [6.45, 7) is 2.98. The molecule has 0 aliphatic carbocycles. The molecule has 0 saturated carbocycles. The lowest BCUT2D eigenvalue weighted by atomic mass is 10.1. The highest BCUT2D eigenvalue weighted by molar-refractivity contribution is 5.94. The Bertz CT molecular complexity index is 622. The first-order chi connectivity index (χ1) is 10.8. The predicted octanol–water partition coefficient (Wildman–Crippen LogP) is 4.01. The molecule has 0 spiro atoms. The van der Waals surface area contributed by atoms with Crippen LogP contribution in [0, 0.1) is 0 Å². The summed E-state index contributed by atoms with van der Waals surface area (Å²) >= 11 is 0. The molecule has 0 unspecified atom stereocenters. The second-order valence-electron chi connectivity index (χ2n) is 5.86. The molecule has 3 nitrogen and oxygen atoms in total. The maximum absolute atomic E-state index is 12.8. The minimum Gasteiger partial charge on any atom is -0.330 e. The Labute approximate surface area is 132 Å². The molecule has 114 valence electrons. The average molecular weight is 294 g/mol. The predicted molar refractivity (Wildman–Crippen MR) is 87.7 cm³/mol. The van der Waals surface area contributed by atoms with Crippen LogP contribution in [-0.4, -0.2) is 22.3 Å². The maximum atomic E-state index is 12.8. The largest absolute Gasteiger partial charge is 0.330 e. The fourth-order valence-corrected chi connectivity index (χ4v) is 3.16. The average Bonchev–Trinajstić information content (AvgIpc) is 3.06. The third kappa shape index (κ3) is 3.03. The molecule has 1 atom stereocenters. The Morgan fingerprint density at radius 3 is 2.73 bits per heavy atom. The van der Waals surface area contributed by atoms with Gasteiger partial charge in [-0.05, 0) is 49.1 Å². The Morgan fingerprint density at radius 2 is 2.05 bits per heavy atom. The van der Waals surface area contributed by atoms with E-state index in [1.807, 2.05) is 35.2 Å². The molecule has 1 aromatic heterocycles. The zero-order valence-electron chi connectivity index (χ0n) is 13.0. The van der Waals surface area contributed by atoms with Crippen LogP contribution in [0.3, 0.4) is 0 Å². The van der Waals surface area contributed by atoms with E-state index >= 15 is 0 Å². The van der Waals surface area contributed by atoms with Gasteiger partial charge in [-0.2, -0.15) is 0 Å². The van der Waals surface area contributed by atoms with Gasteiger partial charge in [0.05, 0.1) is 11.7 Å². The van der Waals surface area contributed by atoms with Crippen molar-refractivity contribution in [2.24, 2.45) is 0 Å². The summed E-state index contributed by atoms with van der Waals surface area (Å²) in [4.78, 5) is 19.2. The highest BCUT2D eigenvalue weighted by Gasteiger charge is 2.31. The number of pyridine rings is 1. The molecule has 1 saturated heterocycles. The van der Waals surface area contributed by atoms with Crippen LogP contribution in [0.4, 0.5) is 0 Å². The summed E-state index contributed by atoms with van der Waals surface area (Å²) in [6, 6.07) is 14.1. The van der Waals surface area contributed by atoms with Gasteiger partial charge >= 0.3 is 0 Å². The van der Waals surface area contributed by atoms with Gasteiger partial charge in [0.15, 0.2) is 0 Å². The summed E-state index contributed by atoms with van der Waals surface area (Å²) in [5.74, 6) is 0.121. The summed E-state index contributed by atoms with van der Waals surface area (Å²) in [7, 11) is 0. The minimum absolute atomic E-state index is 0.115. The van der Waals surface area contributed by atoms with Crippen LogP contribution in [0.2, 0.25) is 0 Å². The lowest BCUT2D eigenvalue weighted by Gasteiger charge is -2.24. The monoisotopic (exact) mass is 294 g/mol. The maximum Gasteiger partial charge on any atom is 0.254 e. The molecule has 0 radical (unpaired) electrons. The van der Waals surface area contributed by atoms with Gasteiger partial charge in [-0.1, -0.05) is 31.5 Å². The van der Waals surface area contributed by atoms with Crippen LogP contribution in [-0.2, 0) is 6.42 Å². The molecule has 1 fully saturated rings. The standard InChI is InChI=1S/C19H22N2O/c1-2-6-15-9-11-16(12-10-15)19(22)21-14-5-8-18(21)17-7-3-4-13-20-17/h3-4,7,9-13,18H,2,5-6,8,14H2,1H3/t18-/m0/s1. The fourth-order valence-electron chi connectivity index (χ4n) is 3.16. The summed E-state index contributed by atoms with van der Waals surface area (Å²) in [5, 5.41) is 0. The van der Waals surface area contributed by atoms with Crippen LogP contribution in [0.25, 0.3) is 0 Å². The number of hydrogen-bond acceptors (Lipinski definition) is 2. The number of nitrogens with zero attached hydrogens (tertiary/aromatic N) is 2. The topological polar surface area (TPSA) is 33.2 Å².